The summed E-state index contributed by atoms with van der Waals surface area (Å²) in [5.74, 6) is -0.292. The molecule has 0 aliphatic rings. The van der Waals surface area contributed by atoms with E-state index in [-0.39, 0.29) is 22.3 Å². The van der Waals surface area contributed by atoms with Gasteiger partial charge in [0.25, 0.3) is 15.0 Å². The summed E-state index contributed by atoms with van der Waals surface area (Å²) in [6.45, 7) is 10.6. The maximum Gasteiger partial charge on any atom is 0.267 e. The Labute approximate surface area is 131 Å². The molecule has 0 aromatic carbocycles. The Morgan fingerprint density at radius 3 is 2.38 bits per heavy atom. The lowest BCUT2D eigenvalue weighted by atomic mass is 9.92. The number of carbonyl (C=O) groups is 1. The first-order valence-corrected chi connectivity index (χ1v) is 9.17. The van der Waals surface area contributed by atoms with Crippen LogP contribution >= 0.6 is 10.7 Å². The van der Waals surface area contributed by atoms with E-state index in [2.05, 4.69) is 26.1 Å². The van der Waals surface area contributed by atoms with E-state index in [1.807, 2.05) is 13.8 Å². The minimum atomic E-state index is -3.84. The lowest BCUT2D eigenvalue weighted by Crippen LogP contribution is -2.29. The Morgan fingerprint density at radius 2 is 1.95 bits per heavy atom. The fourth-order valence-corrected chi connectivity index (χ4v) is 2.58. The van der Waals surface area contributed by atoms with E-state index >= 15 is 0 Å². The quantitative estimate of drug-likeness (QED) is 0.841. The minimum absolute atomic E-state index is 0.0412. The van der Waals surface area contributed by atoms with Crippen molar-refractivity contribution in [2.24, 2.45) is 5.41 Å². The zero-order valence-electron chi connectivity index (χ0n) is 13.1. The zero-order valence-corrected chi connectivity index (χ0v) is 14.7. The van der Waals surface area contributed by atoms with Crippen molar-refractivity contribution >= 4 is 25.6 Å². The molecule has 0 bridgehead atoms. The molecule has 1 rings (SSSR count). The highest BCUT2D eigenvalue weighted by Crippen LogP contribution is 2.22. The normalized spacial score (nSPS) is 12.7. The third-order valence-corrected chi connectivity index (χ3v) is 4.38. The van der Waals surface area contributed by atoms with Gasteiger partial charge in [-0.3, -0.25) is 4.79 Å². The molecule has 0 aliphatic heterocycles. The molecule has 0 atom stereocenters. The van der Waals surface area contributed by atoms with Crippen LogP contribution in [0.25, 0.3) is 0 Å². The summed E-state index contributed by atoms with van der Waals surface area (Å²) in [5.41, 5.74) is 0.427. The first-order chi connectivity index (χ1) is 9.42. The van der Waals surface area contributed by atoms with Crippen LogP contribution in [0.2, 0.25) is 0 Å². The summed E-state index contributed by atoms with van der Waals surface area (Å²) in [6.07, 6.45) is 2.23. The lowest BCUT2D eigenvalue weighted by molar-refractivity contribution is 0.0938. The van der Waals surface area contributed by atoms with Gasteiger partial charge in [-0.1, -0.05) is 20.8 Å². The van der Waals surface area contributed by atoms with Gasteiger partial charge in [0.2, 0.25) is 0 Å². The van der Waals surface area contributed by atoms with Crippen molar-refractivity contribution in [3.05, 3.63) is 18.0 Å². The molecular formula is C14H23ClN2O3S. The van der Waals surface area contributed by atoms with Crippen LogP contribution in [-0.2, 0) is 9.05 Å². The molecule has 0 aliphatic carbocycles. The molecule has 5 nitrogen and oxygen atoms in total. The van der Waals surface area contributed by atoms with E-state index in [0.29, 0.717) is 12.2 Å². The first-order valence-electron chi connectivity index (χ1n) is 6.86. The van der Waals surface area contributed by atoms with Crippen LogP contribution in [0.4, 0.5) is 0 Å². The van der Waals surface area contributed by atoms with Gasteiger partial charge in [-0.05, 0) is 31.7 Å². The molecule has 1 heterocycles. The summed E-state index contributed by atoms with van der Waals surface area (Å²) in [7, 11) is 1.50. The van der Waals surface area contributed by atoms with Crippen LogP contribution in [0.5, 0.6) is 0 Å². The Morgan fingerprint density at radius 1 is 1.38 bits per heavy atom. The number of halogens is 1. The molecular weight excluding hydrogens is 312 g/mol. The van der Waals surface area contributed by atoms with Crippen molar-refractivity contribution in [2.45, 2.75) is 52.0 Å². The van der Waals surface area contributed by atoms with Gasteiger partial charge >= 0.3 is 0 Å². The monoisotopic (exact) mass is 334 g/mol. The number of aromatic nitrogens is 1. The van der Waals surface area contributed by atoms with Gasteiger partial charge in [0.1, 0.15) is 10.6 Å². The number of amides is 1. The van der Waals surface area contributed by atoms with Gasteiger partial charge in [0, 0.05) is 29.5 Å². The van der Waals surface area contributed by atoms with E-state index in [1.165, 1.54) is 12.3 Å². The van der Waals surface area contributed by atoms with Crippen molar-refractivity contribution < 1.29 is 13.2 Å². The highest BCUT2D eigenvalue weighted by molar-refractivity contribution is 8.13. The fraction of sp³-hybridized carbons (Fsp3) is 0.643. The molecule has 0 spiro atoms. The predicted octanol–water partition coefficient (Wildman–Crippen LogP) is 3.16. The van der Waals surface area contributed by atoms with Gasteiger partial charge in [-0.25, -0.2) is 8.42 Å². The molecule has 1 aromatic heterocycles. The third kappa shape index (κ3) is 5.36. The topological polar surface area (TPSA) is 68.2 Å². The summed E-state index contributed by atoms with van der Waals surface area (Å²) in [6, 6.07) is 1.27. The standard InChI is InChI=1S/C14H23ClN2O3S/c1-10(2)17-9-11(21(15,19)20)8-12(17)13(18)16-7-6-14(3,4)5/h8-10H,6-7H2,1-5H3,(H,16,18). The highest BCUT2D eigenvalue weighted by atomic mass is 35.7. The van der Waals surface area contributed by atoms with Crippen molar-refractivity contribution in [3.8, 4) is 0 Å². The number of nitrogens with zero attached hydrogens (tertiary/aromatic N) is 1. The second-order valence-electron chi connectivity index (χ2n) is 6.57. The maximum atomic E-state index is 12.2. The van der Waals surface area contributed by atoms with Crippen LogP contribution in [0.15, 0.2) is 17.2 Å². The van der Waals surface area contributed by atoms with Crippen LogP contribution < -0.4 is 5.32 Å². The summed E-state index contributed by atoms with van der Waals surface area (Å²) in [5, 5.41) is 2.82. The molecule has 21 heavy (non-hydrogen) atoms. The second kappa shape index (κ2) is 6.40. The third-order valence-electron chi connectivity index (χ3n) is 3.05. The Bertz CT molecular complexity index is 613. The molecule has 0 fully saturated rings. The largest absolute Gasteiger partial charge is 0.351 e. The SMILES string of the molecule is CC(C)n1cc(S(=O)(=O)Cl)cc1C(=O)NCCC(C)(C)C. The summed E-state index contributed by atoms with van der Waals surface area (Å²) >= 11 is 0. The van der Waals surface area contributed by atoms with E-state index in [0.717, 1.165) is 6.42 Å². The van der Waals surface area contributed by atoms with Crippen LogP contribution in [-0.4, -0.2) is 25.4 Å². The van der Waals surface area contributed by atoms with Crippen molar-refractivity contribution in [1.82, 2.24) is 9.88 Å². The van der Waals surface area contributed by atoms with Crippen LogP contribution in [0, 0.1) is 5.41 Å². The number of rotatable bonds is 5. The number of nitrogens with one attached hydrogen (secondary N) is 1. The Balaban J connectivity index is 2.95. The van der Waals surface area contributed by atoms with Gasteiger partial charge in [-0.15, -0.1) is 0 Å². The molecule has 0 saturated carbocycles. The van der Waals surface area contributed by atoms with E-state index in [1.54, 1.807) is 4.57 Å². The first kappa shape index (κ1) is 18.0. The number of hydrogen-bond acceptors (Lipinski definition) is 3. The highest BCUT2D eigenvalue weighted by Gasteiger charge is 2.21. The van der Waals surface area contributed by atoms with Gasteiger partial charge in [-0.2, -0.15) is 0 Å². The van der Waals surface area contributed by atoms with Crippen molar-refractivity contribution in [1.29, 1.82) is 0 Å². The zero-order chi connectivity index (χ0) is 16.4. The molecule has 0 unspecified atom stereocenters. The molecule has 1 N–H and O–H groups in total. The van der Waals surface area contributed by atoms with Gasteiger partial charge in [0.05, 0.1) is 0 Å². The molecule has 1 amide bonds. The smallest absolute Gasteiger partial charge is 0.267 e. The van der Waals surface area contributed by atoms with E-state index in [9.17, 15) is 13.2 Å². The predicted molar refractivity (Wildman–Crippen MR) is 84.3 cm³/mol. The second-order valence-corrected chi connectivity index (χ2v) is 9.13. The lowest BCUT2D eigenvalue weighted by Gasteiger charge is -2.18. The summed E-state index contributed by atoms with van der Waals surface area (Å²) in [4.78, 5) is 12.2. The average molecular weight is 335 g/mol. The van der Waals surface area contributed by atoms with Crippen molar-refractivity contribution in [3.63, 3.8) is 0 Å². The Kier molecular flexibility index (Phi) is 5.50. The molecule has 120 valence electrons. The molecule has 0 saturated heterocycles. The van der Waals surface area contributed by atoms with E-state index in [4.69, 9.17) is 10.7 Å². The minimum Gasteiger partial charge on any atom is -0.351 e. The molecule has 7 heteroatoms. The van der Waals surface area contributed by atoms with Gasteiger partial charge in [0.15, 0.2) is 0 Å². The average Bonchev–Trinajstić information content (AvgIpc) is 2.71. The number of hydrogen-bond donors (Lipinski definition) is 1. The van der Waals surface area contributed by atoms with Gasteiger partial charge < -0.3 is 9.88 Å². The van der Waals surface area contributed by atoms with Crippen LogP contribution in [0.1, 0.15) is 57.6 Å². The maximum absolute atomic E-state index is 12.2. The van der Waals surface area contributed by atoms with Crippen molar-refractivity contribution in [2.75, 3.05) is 6.54 Å². The summed E-state index contributed by atoms with van der Waals surface area (Å²) < 4.78 is 24.4. The number of carbonyl (C=O) groups excluding carboxylic acids is 1. The van der Waals surface area contributed by atoms with E-state index < -0.39 is 9.05 Å². The Hall–Kier alpha value is -1.01. The molecule has 1 aromatic rings. The van der Waals surface area contributed by atoms with Crippen LogP contribution in [0.3, 0.4) is 0 Å². The fourth-order valence-electron chi connectivity index (χ4n) is 1.84. The molecule has 0 radical (unpaired) electrons.